The first-order valence-corrected chi connectivity index (χ1v) is 9.98. The minimum Gasteiger partial charge on any atom is -0.358 e. The van der Waals surface area contributed by atoms with Crippen LogP contribution in [0.3, 0.4) is 0 Å². The number of alkyl halides is 3. The summed E-state index contributed by atoms with van der Waals surface area (Å²) in [5.41, 5.74) is 1.14. The third-order valence-electron chi connectivity index (χ3n) is 4.95. The Morgan fingerprint density at radius 2 is 1.68 bits per heavy atom. The maximum Gasteiger partial charge on any atom is 0.416 e. The molecule has 5 nitrogen and oxygen atoms in total. The number of hydrogen-bond acceptors (Lipinski definition) is 4. The number of hydrogen-bond donors (Lipinski definition) is 2. The highest BCUT2D eigenvalue weighted by Gasteiger charge is 2.30. The van der Waals surface area contributed by atoms with Crippen molar-refractivity contribution >= 4 is 11.7 Å². The smallest absolute Gasteiger partial charge is 0.358 e. The van der Waals surface area contributed by atoms with Crippen molar-refractivity contribution in [1.29, 1.82) is 0 Å². The van der Waals surface area contributed by atoms with Gasteiger partial charge >= 0.3 is 6.18 Å². The lowest BCUT2D eigenvalue weighted by molar-refractivity contribution is -0.137. The SMILES string of the molecule is CC(Nc1cc(-c2ccccc2)nc(-c2ccc(C(F)(F)F)cc2)n1)C(=O)NC1CC1. The fourth-order valence-corrected chi connectivity index (χ4v) is 3.06. The first kappa shape index (κ1) is 20.8. The lowest BCUT2D eigenvalue weighted by Gasteiger charge is -2.16. The fourth-order valence-electron chi connectivity index (χ4n) is 3.06. The lowest BCUT2D eigenvalue weighted by Crippen LogP contribution is -2.38. The molecule has 31 heavy (non-hydrogen) atoms. The van der Waals surface area contributed by atoms with Gasteiger partial charge in [0.2, 0.25) is 5.91 Å². The normalized spacial score (nSPS) is 14.7. The molecule has 1 atom stereocenters. The average molecular weight is 426 g/mol. The molecule has 0 radical (unpaired) electrons. The standard InChI is InChI=1S/C23H21F3N4O/c1-14(22(31)28-18-11-12-18)27-20-13-19(15-5-3-2-4-6-15)29-21(30-20)16-7-9-17(10-8-16)23(24,25)26/h2-10,13-14,18H,11-12H2,1H3,(H,28,31)(H,27,29,30). The highest BCUT2D eigenvalue weighted by atomic mass is 19.4. The summed E-state index contributed by atoms with van der Waals surface area (Å²) in [6, 6.07) is 15.5. The predicted octanol–water partition coefficient (Wildman–Crippen LogP) is 4.91. The molecule has 1 aliphatic carbocycles. The van der Waals surface area contributed by atoms with Crippen molar-refractivity contribution in [2.75, 3.05) is 5.32 Å². The molecule has 1 amide bonds. The van der Waals surface area contributed by atoms with E-state index in [9.17, 15) is 18.0 Å². The molecule has 1 fully saturated rings. The molecule has 1 aromatic heterocycles. The van der Waals surface area contributed by atoms with Gasteiger partial charge in [0.25, 0.3) is 0 Å². The van der Waals surface area contributed by atoms with Crippen molar-refractivity contribution in [2.24, 2.45) is 0 Å². The van der Waals surface area contributed by atoms with Gasteiger partial charge in [0.05, 0.1) is 11.3 Å². The van der Waals surface area contributed by atoms with Crippen LogP contribution in [-0.2, 0) is 11.0 Å². The molecule has 1 heterocycles. The highest BCUT2D eigenvalue weighted by molar-refractivity contribution is 5.84. The van der Waals surface area contributed by atoms with Crippen molar-refractivity contribution in [1.82, 2.24) is 15.3 Å². The van der Waals surface area contributed by atoms with Crippen molar-refractivity contribution < 1.29 is 18.0 Å². The fraction of sp³-hybridized carbons (Fsp3) is 0.261. The predicted molar refractivity (Wildman–Crippen MR) is 112 cm³/mol. The Bertz CT molecular complexity index is 1060. The molecule has 1 aliphatic rings. The number of amides is 1. The molecule has 4 rings (SSSR count). The highest BCUT2D eigenvalue weighted by Crippen LogP contribution is 2.31. The van der Waals surface area contributed by atoms with E-state index in [0.717, 1.165) is 30.5 Å². The van der Waals surface area contributed by atoms with Gasteiger partial charge in [-0.2, -0.15) is 13.2 Å². The Labute approximate surface area is 177 Å². The number of nitrogens with one attached hydrogen (secondary N) is 2. The van der Waals surface area contributed by atoms with E-state index in [0.29, 0.717) is 17.1 Å². The van der Waals surface area contributed by atoms with Crippen molar-refractivity contribution in [3.63, 3.8) is 0 Å². The molecule has 8 heteroatoms. The van der Waals surface area contributed by atoms with Crippen molar-refractivity contribution in [3.8, 4) is 22.6 Å². The molecule has 1 unspecified atom stereocenters. The van der Waals surface area contributed by atoms with Crippen LogP contribution in [0.15, 0.2) is 60.7 Å². The van der Waals surface area contributed by atoms with E-state index in [4.69, 9.17) is 0 Å². The number of carbonyl (C=O) groups is 1. The summed E-state index contributed by atoms with van der Waals surface area (Å²) in [5, 5.41) is 6.02. The number of aromatic nitrogens is 2. The first-order valence-electron chi connectivity index (χ1n) is 9.98. The van der Waals surface area contributed by atoms with E-state index >= 15 is 0 Å². The summed E-state index contributed by atoms with van der Waals surface area (Å²) in [7, 11) is 0. The minimum atomic E-state index is -4.41. The Kier molecular flexibility index (Phi) is 5.63. The maximum atomic E-state index is 12.9. The molecular formula is C23H21F3N4O. The number of anilines is 1. The molecule has 3 aromatic rings. The van der Waals surface area contributed by atoms with Crippen molar-refractivity contribution in [2.45, 2.75) is 38.0 Å². The summed E-state index contributed by atoms with van der Waals surface area (Å²) in [5.74, 6) is 0.563. The van der Waals surface area contributed by atoms with E-state index in [1.165, 1.54) is 12.1 Å². The van der Waals surface area contributed by atoms with Crippen LogP contribution in [0.2, 0.25) is 0 Å². The zero-order valence-electron chi connectivity index (χ0n) is 16.8. The lowest BCUT2D eigenvalue weighted by atomic mass is 10.1. The molecule has 0 spiro atoms. The first-order chi connectivity index (χ1) is 14.8. The molecule has 2 N–H and O–H groups in total. The molecular weight excluding hydrogens is 405 g/mol. The van der Waals surface area contributed by atoms with E-state index in [1.807, 2.05) is 30.3 Å². The number of nitrogens with zero attached hydrogens (tertiary/aromatic N) is 2. The van der Waals surface area contributed by atoms with Crippen LogP contribution >= 0.6 is 0 Å². The van der Waals surface area contributed by atoms with E-state index in [1.54, 1.807) is 13.0 Å². The summed E-state index contributed by atoms with van der Waals surface area (Å²) < 4.78 is 38.7. The third-order valence-corrected chi connectivity index (χ3v) is 4.95. The van der Waals surface area contributed by atoms with Crippen molar-refractivity contribution in [3.05, 3.63) is 66.2 Å². The van der Waals surface area contributed by atoms with Gasteiger partial charge in [-0.1, -0.05) is 42.5 Å². The molecule has 0 aliphatic heterocycles. The largest absolute Gasteiger partial charge is 0.416 e. The summed E-state index contributed by atoms with van der Waals surface area (Å²) >= 11 is 0. The maximum absolute atomic E-state index is 12.9. The number of benzene rings is 2. The van der Waals surface area contributed by atoms with Gasteiger partial charge in [0, 0.05) is 23.2 Å². The summed E-state index contributed by atoms with van der Waals surface area (Å²) in [6.45, 7) is 1.74. The third kappa shape index (κ3) is 5.20. The van der Waals surface area contributed by atoms with Crippen LogP contribution < -0.4 is 10.6 Å². The molecule has 1 saturated carbocycles. The topological polar surface area (TPSA) is 66.9 Å². The van der Waals surface area contributed by atoms with Crippen LogP contribution in [-0.4, -0.2) is 28.0 Å². The average Bonchev–Trinajstić information content (AvgIpc) is 3.57. The monoisotopic (exact) mass is 426 g/mol. The zero-order chi connectivity index (χ0) is 22.0. The van der Waals surface area contributed by atoms with Gasteiger partial charge in [-0.3, -0.25) is 4.79 Å². The molecule has 0 saturated heterocycles. The van der Waals surface area contributed by atoms with Crippen LogP contribution in [0.4, 0.5) is 19.0 Å². The van der Waals surface area contributed by atoms with Crippen LogP contribution in [0.25, 0.3) is 22.6 Å². The van der Waals surface area contributed by atoms with Gasteiger partial charge in [0.1, 0.15) is 11.9 Å². The molecule has 160 valence electrons. The summed E-state index contributed by atoms with van der Waals surface area (Å²) in [4.78, 5) is 21.3. The Hall–Kier alpha value is -3.42. The Morgan fingerprint density at radius 1 is 1.00 bits per heavy atom. The summed E-state index contributed by atoms with van der Waals surface area (Å²) in [6.07, 6.45) is -2.44. The quantitative estimate of drug-likeness (QED) is 0.588. The van der Waals surface area contributed by atoms with Gasteiger partial charge in [-0.15, -0.1) is 0 Å². The Balaban J connectivity index is 1.67. The second kappa shape index (κ2) is 8.37. The van der Waals surface area contributed by atoms with Gasteiger partial charge in [-0.05, 0) is 31.9 Å². The van der Waals surface area contributed by atoms with Gasteiger partial charge in [0.15, 0.2) is 5.82 Å². The van der Waals surface area contributed by atoms with E-state index in [2.05, 4.69) is 20.6 Å². The second-order valence-electron chi connectivity index (χ2n) is 7.55. The molecule has 0 bridgehead atoms. The van der Waals surface area contributed by atoms with Crippen LogP contribution in [0.5, 0.6) is 0 Å². The van der Waals surface area contributed by atoms with E-state index < -0.39 is 17.8 Å². The zero-order valence-corrected chi connectivity index (χ0v) is 16.8. The number of halogens is 3. The Morgan fingerprint density at radius 3 is 2.29 bits per heavy atom. The second-order valence-corrected chi connectivity index (χ2v) is 7.55. The number of rotatable bonds is 6. The molecule has 2 aromatic carbocycles. The van der Waals surface area contributed by atoms with Crippen LogP contribution in [0, 0.1) is 0 Å². The van der Waals surface area contributed by atoms with Crippen LogP contribution in [0.1, 0.15) is 25.3 Å². The minimum absolute atomic E-state index is 0.126. The van der Waals surface area contributed by atoms with Gasteiger partial charge in [-0.25, -0.2) is 9.97 Å². The number of carbonyl (C=O) groups excluding carboxylic acids is 1. The van der Waals surface area contributed by atoms with E-state index in [-0.39, 0.29) is 17.8 Å². The van der Waals surface area contributed by atoms with Gasteiger partial charge < -0.3 is 10.6 Å².